The molecule has 164 valence electrons. The van der Waals surface area contributed by atoms with Crippen molar-refractivity contribution in [3.8, 4) is 11.3 Å². The van der Waals surface area contributed by atoms with E-state index < -0.39 is 0 Å². The normalized spacial score (nSPS) is 17.1. The summed E-state index contributed by atoms with van der Waals surface area (Å²) in [5.41, 5.74) is 6.50. The van der Waals surface area contributed by atoms with Gasteiger partial charge in [-0.05, 0) is 56.3 Å². The number of carbonyl (C=O) groups excluding carboxylic acids is 1. The second kappa shape index (κ2) is 9.06. The minimum Gasteiger partial charge on any atom is -0.347 e. The molecule has 0 radical (unpaired) electrons. The van der Waals surface area contributed by atoms with Crippen molar-refractivity contribution in [3.63, 3.8) is 0 Å². The lowest BCUT2D eigenvalue weighted by Gasteiger charge is -2.30. The van der Waals surface area contributed by atoms with E-state index in [1.54, 1.807) is 6.07 Å². The van der Waals surface area contributed by atoms with E-state index in [0.717, 1.165) is 40.7 Å². The lowest BCUT2D eigenvalue weighted by Crippen LogP contribution is -2.33. The van der Waals surface area contributed by atoms with Gasteiger partial charge in [0.25, 0.3) is 5.91 Å². The van der Waals surface area contributed by atoms with Crippen LogP contribution >= 0.6 is 0 Å². The second-order valence-electron chi connectivity index (χ2n) is 8.82. The number of aromatic nitrogens is 4. The molecule has 0 aliphatic carbocycles. The molecular formula is C24H32N6O. The number of amides is 1. The first-order chi connectivity index (χ1) is 14.9. The van der Waals surface area contributed by atoms with Gasteiger partial charge in [-0.3, -0.25) is 19.5 Å². The molecule has 1 amide bonds. The van der Waals surface area contributed by atoms with Crippen LogP contribution in [0.1, 0.15) is 52.8 Å². The zero-order valence-electron chi connectivity index (χ0n) is 18.9. The first-order valence-corrected chi connectivity index (χ1v) is 11.0. The molecule has 1 aliphatic heterocycles. The van der Waals surface area contributed by atoms with E-state index in [9.17, 15) is 4.79 Å². The number of piperidine rings is 1. The number of hydrogen-bond acceptors (Lipinski definition) is 4. The number of likely N-dealkylation sites (tertiary alicyclic amines) is 1. The molecule has 7 nitrogen and oxygen atoms in total. The van der Waals surface area contributed by atoms with Crippen LogP contribution in [0.4, 0.5) is 0 Å². The number of benzene rings is 1. The van der Waals surface area contributed by atoms with E-state index in [4.69, 9.17) is 0 Å². The number of aromatic amines is 1. The Kier molecular flexibility index (Phi) is 6.23. The first kappa shape index (κ1) is 21.3. The number of carbonyl (C=O) groups is 1. The monoisotopic (exact) mass is 420 g/mol. The van der Waals surface area contributed by atoms with Crippen molar-refractivity contribution in [1.29, 1.82) is 0 Å². The van der Waals surface area contributed by atoms with Gasteiger partial charge < -0.3 is 5.32 Å². The summed E-state index contributed by atoms with van der Waals surface area (Å²) in [6.07, 6.45) is 2.63. The van der Waals surface area contributed by atoms with Crippen LogP contribution in [0.5, 0.6) is 0 Å². The zero-order valence-corrected chi connectivity index (χ0v) is 18.9. The Morgan fingerprint density at radius 3 is 2.65 bits per heavy atom. The highest BCUT2D eigenvalue weighted by molar-refractivity contribution is 5.93. The lowest BCUT2D eigenvalue weighted by atomic mass is 9.99. The predicted octanol–water partition coefficient (Wildman–Crippen LogP) is 3.59. The SMILES string of the molecule is Cc1nn(C)c(C)c1-c1cc(C(=O)NCc2ccc(CN3CCCC(C)C3)cc2)[nH]n1. The number of nitrogens with one attached hydrogen (secondary N) is 2. The average Bonchev–Trinajstić information content (AvgIpc) is 3.31. The summed E-state index contributed by atoms with van der Waals surface area (Å²) in [6, 6.07) is 10.3. The van der Waals surface area contributed by atoms with Crippen molar-refractivity contribution < 1.29 is 4.79 Å². The molecule has 1 aromatic carbocycles. The van der Waals surface area contributed by atoms with Crippen molar-refractivity contribution in [2.24, 2.45) is 13.0 Å². The third-order valence-electron chi connectivity index (χ3n) is 6.21. The van der Waals surface area contributed by atoms with Crippen molar-refractivity contribution >= 4 is 5.91 Å². The average molecular weight is 421 g/mol. The number of H-pyrrole nitrogens is 1. The first-order valence-electron chi connectivity index (χ1n) is 11.0. The molecule has 1 fully saturated rings. The highest BCUT2D eigenvalue weighted by atomic mass is 16.1. The van der Waals surface area contributed by atoms with Crippen LogP contribution in [0.25, 0.3) is 11.3 Å². The van der Waals surface area contributed by atoms with Gasteiger partial charge >= 0.3 is 0 Å². The molecular weight excluding hydrogens is 388 g/mol. The lowest BCUT2D eigenvalue weighted by molar-refractivity contribution is 0.0946. The molecule has 31 heavy (non-hydrogen) atoms. The van der Waals surface area contributed by atoms with Crippen LogP contribution in [-0.4, -0.2) is 43.9 Å². The fraction of sp³-hybridized carbons (Fsp3) is 0.458. The summed E-state index contributed by atoms with van der Waals surface area (Å²) in [5, 5.41) is 14.6. The number of nitrogens with zero attached hydrogens (tertiary/aromatic N) is 4. The maximum absolute atomic E-state index is 12.6. The Bertz CT molecular complexity index is 1050. The Morgan fingerprint density at radius 2 is 1.97 bits per heavy atom. The van der Waals surface area contributed by atoms with E-state index in [1.807, 2.05) is 25.6 Å². The van der Waals surface area contributed by atoms with Crippen LogP contribution in [0.15, 0.2) is 30.3 Å². The number of aryl methyl sites for hydroxylation is 2. The van der Waals surface area contributed by atoms with Crippen LogP contribution < -0.4 is 5.32 Å². The summed E-state index contributed by atoms with van der Waals surface area (Å²) in [4.78, 5) is 15.1. The molecule has 1 atom stereocenters. The summed E-state index contributed by atoms with van der Waals surface area (Å²) in [5.74, 6) is 0.626. The Morgan fingerprint density at radius 1 is 1.23 bits per heavy atom. The van der Waals surface area contributed by atoms with Crippen molar-refractivity contribution in [2.75, 3.05) is 13.1 Å². The summed E-state index contributed by atoms with van der Waals surface area (Å²) < 4.78 is 1.83. The van der Waals surface area contributed by atoms with Crippen LogP contribution in [0.3, 0.4) is 0 Å². The van der Waals surface area contributed by atoms with E-state index in [-0.39, 0.29) is 5.91 Å². The third kappa shape index (κ3) is 4.88. The summed E-state index contributed by atoms with van der Waals surface area (Å²) >= 11 is 0. The van der Waals surface area contributed by atoms with Crippen LogP contribution in [-0.2, 0) is 20.1 Å². The Labute approximate surface area is 183 Å². The molecule has 3 aromatic rings. The van der Waals surface area contributed by atoms with Gasteiger partial charge in [-0.1, -0.05) is 31.2 Å². The second-order valence-corrected chi connectivity index (χ2v) is 8.82. The van der Waals surface area contributed by atoms with E-state index >= 15 is 0 Å². The molecule has 4 rings (SSSR count). The van der Waals surface area contributed by atoms with Crippen LogP contribution in [0.2, 0.25) is 0 Å². The van der Waals surface area contributed by atoms with Crippen molar-refractivity contribution in [1.82, 2.24) is 30.2 Å². The van der Waals surface area contributed by atoms with Gasteiger partial charge in [0.1, 0.15) is 5.69 Å². The van der Waals surface area contributed by atoms with Gasteiger partial charge in [0, 0.05) is 37.9 Å². The van der Waals surface area contributed by atoms with Gasteiger partial charge in [-0.15, -0.1) is 0 Å². The maximum atomic E-state index is 12.6. The van der Waals surface area contributed by atoms with E-state index in [2.05, 4.69) is 56.7 Å². The van der Waals surface area contributed by atoms with Crippen molar-refractivity contribution in [2.45, 2.75) is 46.7 Å². The molecule has 1 aliphatic rings. The fourth-order valence-electron chi connectivity index (χ4n) is 4.44. The molecule has 0 bridgehead atoms. The van der Waals surface area contributed by atoms with Gasteiger partial charge in [-0.25, -0.2) is 0 Å². The molecule has 7 heteroatoms. The highest BCUT2D eigenvalue weighted by Crippen LogP contribution is 2.25. The smallest absolute Gasteiger partial charge is 0.269 e. The quantitative estimate of drug-likeness (QED) is 0.639. The summed E-state index contributed by atoms with van der Waals surface area (Å²) in [6.45, 7) is 10.1. The molecule has 1 saturated heterocycles. The number of hydrogen-bond donors (Lipinski definition) is 2. The minimum atomic E-state index is -0.163. The fourth-order valence-corrected chi connectivity index (χ4v) is 4.44. The largest absolute Gasteiger partial charge is 0.347 e. The number of rotatable bonds is 6. The molecule has 0 spiro atoms. The van der Waals surface area contributed by atoms with Gasteiger partial charge in [-0.2, -0.15) is 10.2 Å². The van der Waals surface area contributed by atoms with Gasteiger partial charge in [0.15, 0.2) is 0 Å². The van der Waals surface area contributed by atoms with Gasteiger partial charge in [0.2, 0.25) is 0 Å². The molecule has 2 aromatic heterocycles. The topological polar surface area (TPSA) is 78.8 Å². The van der Waals surface area contributed by atoms with E-state index in [0.29, 0.717) is 12.2 Å². The van der Waals surface area contributed by atoms with Crippen LogP contribution in [0, 0.1) is 19.8 Å². The maximum Gasteiger partial charge on any atom is 0.269 e. The molecule has 0 saturated carbocycles. The Hall–Kier alpha value is -2.93. The minimum absolute atomic E-state index is 0.163. The molecule has 2 N–H and O–H groups in total. The highest BCUT2D eigenvalue weighted by Gasteiger charge is 2.18. The third-order valence-corrected chi connectivity index (χ3v) is 6.21. The van der Waals surface area contributed by atoms with Crippen molar-refractivity contribution in [3.05, 3.63) is 58.5 Å². The molecule has 1 unspecified atom stereocenters. The Balaban J connectivity index is 1.33. The predicted molar refractivity (Wildman–Crippen MR) is 122 cm³/mol. The standard InChI is InChI=1S/C24H32N6O/c1-16-6-5-11-30(14-16)15-20-9-7-19(8-10-20)13-25-24(31)22-12-21(26-27-22)23-17(2)28-29(4)18(23)3/h7-10,12,16H,5-6,11,13-15H2,1-4H3,(H,25,31)(H,26,27). The van der Waals surface area contributed by atoms with E-state index in [1.165, 1.54) is 31.5 Å². The van der Waals surface area contributed by atoms with Gasteiger partial charge in [0.05, 0.1) is 11.4 Å². The zero-order chi connectivity index (χ0) is 22.0. The summed E-state index contributed by atoms with van der Waals surface area (Å²) in [7, 11) is 1.91. The molecule has 3 heterocycles.